The van der Waals surface area contributed by atoms with Crippen LogP contribution in [0.3, 0.4) is 0 Å². The summed E-state index contributed by atoms with van der Waals surface area (Å²) in [5, 5.41) is 3.67. The van der Waals surface area contributed by atoms with Crippen molar-refractivity contribution >= 4 is 23.2 Å². The second kappa shape index (κ2) is 7.05. The zero-order valence-electron chi connectivity index (χ0n) is 11.6. The van der Waals surface area contributed by atoms with Crippen LogP contribution < -0.4 is 5.32 Å². The highest BCUT2D eigenvalue weighted by atomic mass is 35.5. The molecular formula is C14H19Cl2FN2O. The first-order valence-electron chi connectivity index (χ1n) is 6.67. The summed E-state index contributed by atoms with van der Waals surface area (Å²) in [4.78, 5) is 2.25. The Morgan fingerprint density at radius 3 is 2.90 bits per heavy atom. The van der Waals surface area contributed by atoms with E-state index in [0.717, 1.165) is 25.2 Å². The smallest absolute Gasteiger partial charge is 0.142 e. The fraction of sp³-hybridized carbons (Fsp3) is 0.571. The van der Waals surface area contributed by atoms with Gasteiger partial charge in [-0.3, -0.25) is 4.90 Å². The van der Waals surface area contributed by atoms with Crippen LogP contribution in [0.4, 0.5) is 4.39 Å². The molecular weight excluding hydrogens is 302 g/mol. The molecule has 1 fully saturated rings. The molecule has 0 aliphatic carbocycles. The van der Waals surface area contributed by atoms with Crippen molar-refractivity contribution in [1.82, 2.24) is 10.2 Å². The minimum absolute atomic E-state index is 0.0255. The molecule has 0 spiro atoms. The number of ether oxygens (including phenoxy) is 1. The Kier molecular flexibility index (Phi) is 5.64. The molecule has 1 aromatic rings. The summed E-state index contributed by atoms with van der Waals surface area (Å²) < 4.78 is 19.3. The maximum Gasteiger partial charge on any atom is 0.142 e. The van der Waals surface area contributed by atoms with Gasteiger partial charge in [0.15, 0.2) is 0 Å². The van der Waals surface area contributed by atoms with Crippen LogP contribution in [0, 0.1) is 5.82 Å². The normalized spacial score (nSPS) is 21.9. The summed E-state index contributed by atoms with van der Waals surface area (Å²) >= 11 is 11.9. The van der Waals surface area contributed by atoms with E-state index in [1.807, 2.05) is 14.0 Å². The van der Waals surface area contributed by atoms with E-state index in [2.05, 4.69) is 10.2 Å². The summed E-state index contributed by atoms with van der Waals surface area (Å²) in [6.07, 6.45) is 0.145. The molecule has 3 nitrogen and oxygen atoms in total. The molecule has 1 heterocycles. The van der Waals surface area contributed by atoms with Crippen molar-refractivity contribution in [3.05, 3.63) is 33.6 Å². The summed E-state index contributed by atoms with van der Waals surface area (Å²) in [6, 6.07) is 2.92. The third-order valence-corrected chi connectivity index (χ3v) is 4.26. The predicted molar refractivity (Wildman–Crippen MR) is 80.1 cm³/mol. The Balaban J connectivity index is 2.14. The Hall–Kier alpha value is -0.390. The summed E-state index contributed by atoms with van der Waals surface area (Å²) in [5.74, 6) is -0.432. The van der Waals surface area contributed by atoms with E-state index in [0.29, 0.717) is 11.6 Å². The van der Waals surface area contributed by atoms with Crippen LogP contribution in [0.25, 0.3) is 0 Å². The monoisotopic (exact) mass is 320 g/mol. The van der Waals surface area contributed by atoms with E-state index in [9.17, 15) is 4.39 Å². The highest BCUT2D eigenvalue weighted by Crippen LogP contribution is 2.32. The SMILES string of the molecule is CNCC1CN(C(C)c2cc(F)c(Cl)cc2Cl)CCO1. The van der Waals surface area contributed by atoms with Crippen molar-refractivity contribution in [2.45, 2.75) is 19.1 Å². The van der Waals surface area contributed by atoms with Crippen LogP contribution in [0.15, 0.2) is 12.1 Å². The van der Waals surface area contributed by atoms with Gasteiger partial charge < -0.3 is 10.1 Å². The van der Waals surface area contributed by atoms with Gasteiger partial charge in [0.25, 0.3) is 0 Å². The number of rotatable bonds is 4. The molecule has 6 heteroatoms. The van der Waals surface area contributed by atoms with Crippen molar-refractivity contribution in [1.29, 1.82) is 0 Å². The minimum atomic E-state index is -0.432. The highest BCUT2D eigenvalue weighted by molar-refractivity contribution is 6.35. The molecule has 20 heavy (non-hydrogen) atoms. The summed E-state index contributed by atoms with van der Waals surface area (Å²) in [7, 11) is 1.90. The summed E-state index contributed by atoms with van der Waals surface area (Å²) in [6.45, 7) is 5.09. The van der Waals surface area contributed by atoms with Gasteiger partial charge in [-0.05, 0) is 31.7 Å². The van der Waals surface area contributed by atoms with Gasteiger partial charge in [0.1, 0.15) is 5.82 Å². The highest BCUT2D eigenvalue weighted by Gasteiger charge is 2.26. The lowest BCUT2D eigenvalue weighted by molar-refractivity contribution is -0.0393. The lowest BCUT2D eigenvalue weighted by atomic mass is 10.1. The van der Waals surface area contributed by atoms with E-state index in [-0.39, 0.29) is 17.2 Å². The lowest BCUT2D eigenvalue weighted by Gasteiger charge is -2.37. The van der Waals surface area contributed by atoms with Gasteiger partial charge in [0, 0.05) is 30.7 Å². The Labute approximate surface area is 129 Å². The van der Waals surface area contributed by atoms with Gasteiger partial charge in [-0.15, -0.1) is 0 Å². The molecule has 1 aromatic carbocycles. The third kappa shape index (κ3) is 3.62. The zero-order valence-corrected chi connectivity index (χ0v) is 13.1. The Bertz CT molecular complexity index is 471. The van der Waals surface area contributed by atoms with Gasteiger partial charge in [0.2, 0.25) is 0 Å². The minimum Gasteiger partial charge on any atom is -0.374 e. The maximum atomic E-state index is 13.6. The lowest BCUT2D eigenvalue weighted by Crippen LogP contribution is -2.47. The van der Waals surface area contributed by atoms with Gasteiger partial charge in [-0.25, -0.2) is 4.39 Å². The number of benzene rings is 1. The van der Waals surface area contributed by atoms with Gasteiger partial charge in [0.05, 0.1) is 17.7 Å². The maximum absolute atomic E-state index is 13.6. The Morgan fingerprint density at radius 2 is 2.20 bits per heavy atom. The van der Waals surface area contributed by atoms with Crippen molar-refractivity contribution < 1.29 is 9.13 Å². The van der Waals surface area contributed by atoms with Crippen LogP contribution >= 0.6 is 23.2 Å². The van der Waals surface area contributed by atoms with E-state index < -0.39 is 5.82 Å². The molecule has 0 saturated carbocycles. The number of hydrogen-bond acceptors (Lipinski definition) is 3. The number of nitrogens with zero attached hydrogens (tertiary/aromatic N) is 1. The first kappa shape index (κ1) is 16.0. The van der Waals surface area contributed by atoms with Crippen molar-refractivity contribution in [2.75, 3.05) is 33.3 Å². The number of nitrogens with one attached hydrogen (secondary N) is 1. The van der Waals surface area contributed by atoms with Crippen LogP contribution in [0.2, 0.25) is 10.0 Å². The zero-order chi connectivity index (χ0) is 14.7. The number of likely N-dealkylation sites (N-methyl/N-ethyl adjacent to an activating group) is 1. The van der Waals surface area contributed by atoms with Crippen molar-refractivity contribution in [2.24, 2.45) is 0 Å². The predicted octanol–water partition coefficient (Wildman–Crippen LogP) is 3.11. The second-order valence-electron chi connectivity index (χ2n) is 5.01. The molecule has 1 aliphatic heterocycles. The van der Waals surface area contributed by atoms with E-state index in [1.54, 1.807) is 0 Å². The second-order valence-corrected chi connectivity index (χ2v) is 5.82. The van der Waals surface area contributed by atoms with Gasteiger partial charge in [-0.2, -0.15) is 0 Å². The van der Waals surface area contributed by atoms with Crippen LogP contribution in [-0.4, -0.2) is 44.3 Å². The molecule has 0 radical (unpaired) electrons. The molecule has 0 aromatic heterocycles. The van der Waals surface area contributed by atoms with Gasteiger partial charge in [-0.1, -0.05) is 23.2 Å². The Morgan fingerprint density at radius 1 is 1.45 bits per heavy atom. The molecule has 0 amide bonds. The van der Waals surface area contributed by atoms with Crippen molar-refractivity contribution in [3.8, 4) is 0 Å². The summed E-state index contributed by atoms with van der Waals surface area (Å²) in [5.41, 5.74) is 0.763. The van der Waals surface area contributed by atoms with Crippen molar-refractivity contribution in [3.63, 3.8) is 0 Å². The number of halogens is 3. The topological polar surface area (TPSA) is 24.5 Å². The first-order chi connectivity index (χ1) is 9.52. The quantitative estimate of drug-likeness (QED) is 0.863. The fourth-order valence-corrected chi connectivity index (χ4v) is 3.04. The van der Waals surface area contributed by atoms with Crippen LogP contribution in [0.1, 0.15) is 18.5 Å². The molecule has 2 atom stereocenters. The van der Waals surface area contributed by atoms with Gasteiger partial charge >= 0.3 is 0 Å². The van der Waals surface area contributed by atoms with Crippen LogP contribution in [0.5, 0.6) is 0 Å². The third-order valence-electron chi connectivity index (χ3n) is 3.64. The molecule has 2 unspecified atom stereocenters. The van der Waals surface area contributed by atoms with Crippen LogP contribution in [-0.2, 0) is 4.74 Å². The van der Waals surface area contributed by atoms with E-state index >= 15 is 0 Å². The average Bonchev–Trinajstić information content (AvgIpc) is 2.43. The largest absolute Gasteiger partial charge is 0.374 e. The molecule has 1 aliphatic rings. The molecule has 2 rings (SSSR count). The fourth-order valence-electron chi connectivity index (χ4n) is 2.50. The average molecular weight is 321 g/mol. The first-order valence-corrected chi connectivity index (χ1v) is 7.43. The van der Waals surface area contributed by atoms with E-state index in [1.165, 1.54) is 12.1 Å². The molecule has 112 valence electrons. The molecule has 1 N–H and O–H groups in total. The standard InChI is InChI=1S/C14H19Cl2FN2O/c1-9(11-5-14(17)13(16)6-12(11)15)19-3-4-20-10(8-19)7-18-2/h5-6,9-10,18H,3-4,7-8H2,1-2H3. The number of morpholine rings is 1. The number of hydrogen-bond donors (Lipinski definition) is 1. The molecule has 0 bridgehead atoms. The molecule has 1 saturated heterocycles. The van der Waals surface area contributed by atoms with E-state index in [4.69, 9.17) is 27.9 Å².